The molecule has 1 atom stereocenters. The molecule has 1 fully saturated rings. The molecule has 1 aromatic heterocycles. The maximum Gasteiger partial charge on any atom is 0.234 e. The van der Waals surface area contributed by atoms with E-state index in [2.05, 4.69) is 14.9 Å². The van der Waals surface area contributed by atoms with E-state index < -0.39 is 0 Å². The first kappa shape index (κ1) is 15.7. The number of aromatic nitrogens is 2. The van der Waals surface area contributed by atoms with Gasteiger partial charge in [0.2, 0.25) is 5.88 Å². The largest absolute Gasteiger partial charge is 0.472 e. The highest BCUT2D eigenvalue weighted by Gasteiger charge is 2.21. The molecule has 1 aliphatic rings. The van der Waals surface area contributed by atoms with E-state index in [9.17, 15) is 0 Å². The van der Waals surface area contributed by atoms with Crippen molar-refractivity contribution in [3.63, 3.8) is 0 Å². The van der Waals surface area contributed by atoms with Crippen molar-refractivity contribution >= 4 is 5.82 Å². The highest BCUT2D eigenvalue weighted by molar-refractivity contribution is 5.38. The van der Waals surface area contributed by atoms with Crippen molar-refractivity contribution in [1.29, 1.82) is 0 Å². The standard InChI is InChI=1S/C18H23N3O2/c1-22-13-16-8-5-9-21(12-16)17-10-19-11-18(20-17)23-14-15-6-3-2-4-7-15/h2-4,6-7,10-11,16H,5,8-9,12-14H2,1H3/t16-/m1/s1. The molecule has 5 heteroatoms. The van der Waals surface area contributed by atoms with Crippen LogP contribution in [0.3, 0.4) is 0 Å². The van der Waals surface area contributed by atoms with Gasteiger partial charge < -0.3 is 14.4 Å². The first-order valence-corrected chi connectivity index (χ1v) is 8.08. The third-order valence-corrected chi connectivity index (χ3v) is 4.07. The fourth-order valence-electron chi connectivity index (χ4n) is 2.94. The van der Waals surface area contributed by atoms with Crippen LogP contribution in [0, 0.1) is 5.92 Å². The van der Waals surface area contributed by atoms with Crippen LogP contribution in [0.1, 0.15) is 18.4 Å². The molecular weight excluding hydrogens is 290 g/mol. The highest BCUT2D eigenvalue weighted by atomic mass is 16.5. The maximum absolute atomic E-state index is 5.77. The molecule has 0 N–H and O–H groups in total. The van der Waals surface area contributed by atoms with E-state index >= 15 is 0 Å². The Morgan fingerprint density at radius 1 is 1.22 bits per heavy atom. The molecule has 122 valence electrons. The lowest BCUT2D eigenvalue weighted by Crippen LogP contribution is -2.37. The maximum atomic E-state index is 5.77. The molecule has 0 unspecified atom stereocenters. The average Bonchev–Trinajstić information content (AvgIpc) is 2.62. The van der Waals surface area contributed by atoms with Crippen molar-refractivity contribution in [1.82, 2.24) is 9.97 Å². The van der Waals surface area contributed by atoms with Gasteiger partial charge in [0.05, 0.1) is 19.0 Å². The number of hydrogen-bond donors (Lipinski definition) is 0. The molecule has 0 aliphatic carbocycles. The molecule has 2 aromatic rings. The summed E-state index contributed by atoms with van der Waals surface area (Å²) in [6.07, 6.45) is 5.85. The van der Waals surface area contributed by atoms with Gasteiger partial charge in [0.15, 0.2) is 5.82 Å². The number of methoxy groups -OCH3 is 1. The zero-order valence-corrected chi connectivity index (χ0v) is 13.5. The minimum atomic E-state index is 0.505. The molecular formula is C18H23N3O2. The second-order valence-electron chi connectivity index (χ2n) is 5.90. The van der Waals surface area contributed by atoms with Gasteiger partial charge in [-0.05, 0) is 24.3 Å². The van der Waals surface area contributed by atoms with Crippen LogP contribution in [-0.2, 0) is 11.3 Å². The Balaban J connectivity index is 1.62. The van der Waals surface area contributed by atoms with Crippen molar-refractivity contribution in [2.75, 3.05) is 31.7 Å². The molecule has 0 radical (unpaired) electrons. The lowest BCUT2D eigenvalue weighted by Gasteiger charge is -2.33. The molecule has 2 heterocycles. The van der Waals surface area contributed by atoms with Gasteiger partial charge in [0.25, 0.3) is 0 Å². The van der Waals surface area contributed by atoms with E-state index in [1.54, 1.807) is 13.3 Å². The molecule has 0 bridgehead atoms. The molecule has 0 saturated carbocycles. The Morgan fingerprint density at radius 3 is 2.91 bits per heavy atom. The number of ether oxygens (including phenoxy) is 2. The summed E-state index contributed by atoms with van der Waals surface area (Å²) in [6, 6.07) is 10.1. The van der Waals surface area contributed by atoms with Crippen molar-refractivity contribution in [2.24, 2.45) is 5.92 Å². The molecule has 5 nitrogen and oxygen atoms in total. The third kappa shape index (κ3) is 4.42. The normalized spacial score (nSPS) is 18.0. The van der Waals surface area contributed by atoms with Crippen LogP contribution in [0.25, 0.3) is 0 Å². The topological polar surface area (TPSA) is 47.5 Å². The van der Waals surface area contributed by atoms with Crippen LogP contribution < -0.4 is 9.64 Å². The van der Waals surface area contributed by atoms with Crippen molar-refractivity contribution < 1.29 is 9.47 Å². The molecule has 1 aliphatic heterocycles. The van der Waals surface area contributed by atoms with Gasteiger partial charge in [-0.25, -0.2) is 0 Å². The Bertz CT molecular complexity index is 604. The van der Waals surface area contributed by atoms with Gasteiger partial charge in [-0.1, -0.05) is 30.3 Å². The Kier molecular flexibility index (Phi) is 5.42. The van der Waals surface area contributed by atoms with Crippen molar-refractivity contribution in [2.45, 2.75) is 19.4 Å². The van der Waals surface area contributed by atoms with Gasteiger partial charge in [-0.2, -0.15) is 4.98 Å². The second kappa shape index (κ2) is 7.92. The summed E-state index contributed by atoms with van der Waals surface area (Å²) in [6.45, 7) is 3.28. The quantitative estimate of drug-likeness (QED) is 0.820. The van der Waals surface area contributed by atoms with E-state index in [1.165, 1.54) is 6.42 Å². The molecule has 0 amide bonds. The van der Waals surface area contributed by atoms with E-state index in [0.717, 1.165) is 37.5 Å². The summed E-state index contributed by atoms with van der Waals surface area (Å²) in [7, 11) is 1.76. The van der Waals surface area contributed by atoms with E-state index in [1.807, 2.05) is 36.5 Å². The third-order valence-electron chi connectivity index (χ3n) is 4.07. The highest BCUT2D eigenvalue weighted by Crippen LogP contribution is 2.23. The van der Waals surface area contributed by atoms with Crippen LogP contribution in [0.4, 0.5) is 5.82 Å². The van der Waals surface area contributed by atoms with Gasteiger partial charge >= 0.3 is 0 Å². The van der Waals surface area contributed by atoms with E-state index in [4.69, 9.17) is 9.47 Å². The summed E-state index contributed by atoms with van der Waals surface area (Å²) < 4.78 is 11.1. The van der Waals surface area contributed by atoms with Gasteiger partial charge in [-0.15, -0.1) is 0 Å². The SMILES string of the molecule is COC[C@@H]1CCCN(c2cncc(OCc3ccccc3)n2)C1. The molecule has 3 rings (SSSR count). The van der Waals surface area contributed by atoms with Crippen LogP contribution >= 0.6 is 0 Å². The molecule has 0 spiro atoms. The molecule has 1 aromatic carbocycles. The van der Waals surface area contributed by atoms with Crippen LogP contribution in [0.5, 0.6) is 5.88 Å². The zero-order valence-electron chi connectivity index (χ0n) is 13.5. The lowest BCUT2D eigenvalue weighted by molar-refractivity contribution is 0.143. The lowest BCUT2D eigenvalue weighted by atomic mass is 9.99. The number of rotatable bonds is 6. The molecule has 23 heavy (non-hydrogen) atoms. The Hall–Kier alpha value is -2.14. The average molecular weight is 313 g/mol. The number of anilines is 1. The van der Waals surface area contributed by atoms with Crippen molar-refractivity contribution in [3.05, 3.63) is 48.3 Å². The van der Waals surface area contributed by atoms with Gasteiger partial charge in [0.1, 0.15) is 6.61 Å². The predicted octanol–water partition coefficient (Wildman–Crippen LogP) is 2.92. The second-order valence-corrected chi connectivity index (χ2v) is 5.90. The first-order chi connectivity index (χ1) is 11.3. The summed E-state index contributed by atoms with van der Waals surface area (Å²) in [5, 5.41) is 0. The number of benzene rings is 1. The van der Waals surface area contributed by atoms with Gasteiger partial charge in [-0.3, -0.25) is 4.98 Å². The molecule has 1 saturated heterocycles. The number of piperidine rings is 1. The predicted molar refractivity (Wildman–Crippen MR) is 89.6 cm³/mol. The van der Waals surface area contributed by atoms with Crippen molar-refractivity contribution in [3.8, 4) is 5.88 Å². The van der Waals surface area contributed by atoms with E-state index in [0.29, 0.717) is 18.4 Å². The summed E-state index contributed by atoms with van der Waals surface area (Å²) in [5.74, 6) is 2.01. The number of hydrogen-bond acceptors (Lipinski definition) is 5. The minimum absolute atomic E-state index is 0.505. The minimum Gasteiger partial charge on any atom is -0.472 e. The smallest absolute Gasteiger partial charge is 0.234 e. The fraction of sp³-hybridized carbons (Fsp3) is 0.444. The first-order valence-electron chi connectivity index (χ1n) is 8.08. The van der Waals surface area contributed by atoms with Crippen LogP contribution in [0.2, 0.25) is 0 Å². The summed E-state index contributed by atoms with van der Waals surface area (Å²) in [5.41, 5.74) is 1.12. The number of nitrogens with zero attached hydrogens (tertiary/aromatic N) is 3. The monoisotopic (exact) mass is 313 g/mol. The summed E-state index contributed by atoms with van der Waals surface area (Å²) in [4.78, 5) is 11.2. The van der Waals surface area contributed by atoms with Crippen LogP contribution in [0.15, 0.2) is 42.7 Å². The fourth-order valence-corrected chi connectivity index (χ4v) is 2.94. The Labute approximate surface area is 137 Å². The van der Waals surface area contributed by atoms with Crippen LogP contribution in [-0.4, -0.2) is 36.8 Å². The van der Waals surface area contributed by atoms with Gasteiger partial charge in [0, 0.05) is 20.2 Å². The summed E-state index contributed by atoms with van der Waals surface area (Å²) >= 11 is 0. The van der Waals surface area contributed by atoms with E-state index in [-0.39, 0.29) is 0 Å². The Morgan fingerprint density at radius 2 is 2.09 bits per heavy atom. The zero-order chi connectivity index (χ0) is 15.9.